The summed E-state index contributed by atoms with van der Waals surface area (Å²) in [5.74, 6) is -0.330. The number of carbonyl (C=O) groups is 1. The van der Waals surface area contributed by atoms with Crippen LogP contribution in [0.2, 0.25) is 0 Å². The second kappa shape index (κ2) is 8.30. The minimum absolute atomic E-state index is 0.00435. The van der Waals surface area contributed by atoms with Crippen LogP contribution in [0.4, 0.5) is 13.2 Å². The van der Waals surface area contributed by atoms with Gasteiger partial charge in [-0.15, -0.1) is 0 Å². The highest BCUT2D eigenvalue weighted by atomic mass is 19.4. The van der Waals surface area contributed by atoms with Crippen LogP contribution in [0.3, 0.4) is 0 Å². The number of aromatic nitrogens is 1. The molecule has 2 rings (SSSR count). The zero-order valence-electron chi connectivity index (χ0n) is 15.7. The van der Waals surface area contributed by atoms with Crippen molar-refractivity contribution in [3.8, 4) is 11.8 Å². The number of halogens is 3. The van der Waals surface area contributed by atoms with Crippen LogP contribution < -0.4 is 10.1 Å². The topological polar surface area (TPSA) is 75.0 Å². The van der Waals surface area contributed by atoms with Gasteiger partial charge in [0.15, 0.2) is 6.61 Å². The Morgan fingerprint density at radius 2 is 1.86 bits per heavy atom. The second-order valence-electron chi connectivity index (χ2n) is 6.83. The molecule has 0 aliphatic rings. The molecular formula is C20H20F3N3O2. The zero-order chi connectivity index (χ0) is 20.9. The molecule has 8 heteroatoms. The van der Waals surface area contributed by atoms with Crippen molar-refractivity contribution < 1.29 is 22.7 Å². The lowest BCUT2D eigenvalue weighted by molar-refractivity contribution is -0.153. The highest BCUT2D eigenvalue weighted by Gasteiger charge is 2.28. The maximum atomic E-state index is 12.4. The second-order valence-corrected chi connectivity index (χ2v) is 6.83. The first kappa shape index (κ1) is 21.2. The van der Waals surface area contributed by atoms with Gasteiger partial charge in [-0.3, -0.25) is 9.78 Å². The van der Waals surface area contributed by atoms with Crippen LogP contribution in [0.15, 0.2) is 42.6 Å². The number of benzene rings is 1. The van der Waals surface area contributed by atoms with Crippen LogP contribution in [0.1, 0.15) is 48.4 Å². The number of nitrogens with one attached hydrogen (secondary N) is 1. The molecule has 1 amide bonds. The lowest BCUT2D eigenvalue weighted by Crippen LogP contribution is -2.27. The van der Waals surface area contributed by atoms with E-state index in [4.69, 9.17) is 5.26 Å². The van der Waals surface area contributed by atoms with Gasteiger partial charge >= 0.3 is 6.18 Å². The summed E-state index contributed by atoms with van der Waals surface area (Å²) < 4.78 is 41.1. The van der Waals surface area contributed by atoms with E-state index in [0.717, 1.165) is 5.56 Å². The third-order valence-electron chi connectivity index (χ3n) is 4.10. The Balaban J connectivity index is 1.99. The number of nitrogens with zero attached hydrogens (tertiary/aromatic N) is 2. The molecule has 0 aliphatic heterocycles. The Bertz CT molecular complexity index is 854. The predicted octanol–water partition coefficient (Wildman–Crippen LogP) is 4.31. The number of alkyl halides is 3. The van der Waals surface area contributed by atoms with Gasteiger partial charge in [0, 0.05) is 5.56 Å². The number of pyridine rings is 1. The van der Waals surface area contributed by atoms with Gasteiger partial charge in [-0.1, -0.05) is 12.1 Å². The van der Waals surface area contributed by atoms with E-state index in [9.17, 15) is 18.0 Å². The van der Waals surface area contributed by atoms with Crippen molar-refractivity contribution in [1.82, 2.24) is 10.3 Å². The summed E-state index contributed by atoms with van der Waals surface area (Å²) in [6.45, 7) is 3.90. The Morgan fingerprint density at radius 1 is 1.21 bits per heavy atom. The average molecular weight is 391 g/mol. The molecule has 28 heavy (non-hydrogen) atoms. The molecule has 0 saturated carbocycles. The average Bonchev–Trinajstić information content (AvgIpc) is 2.66. The van der Waals surface area contributed by atoms with E-state index in [1.54, 1.807) is 45.0 Å². The largest absolute Gasteiger partial charge is 0.483 e. The Hall–Kier alpha value is -3.08. The third-order valence-corrected chi connectivity index (χ3v) is 4.10. The first-order valence-electron chi connectivity index (χ1n) is 8.50. The lowest BCUT2D eigenvalue weighted by atomic mass is 9.86. The number of hydrogen-bond acceptors (Lipinski definition) is 4. The molecule has 1 aromatic carbocycles. The minimum atomic E-state index is -4.42. The van der Waals surface area contributed by atoms with Crippen LogP contribution in [0.5, 0.6) is 5.75 Å². The van der Waals surface area contributed by atoms with Gasteiger partial charge in [0.25, 0.3) is 5.91 Å². The van der Waals surface area contributed by atoms with Gasteiger partial charge in [0.2, 0.25) is 0 Å². The van der Waals surface area contributed by atoms with E-state index in [1.807, 2.05) is 0 Å². The Kier molecular flexibility index (Phi) is 6.29. The van der Waals surface area contributed by atoms with Gasteiger partial charge < -0.3 is 10.1 Å². The summed E-state index contributed by atoms with van der Waals surface area (Å²) in [5.41, 5.74) is 1.06. The molecule has 0 saturated heterocycles. The highest BCUT2D eigenvalue weighted by Crippen LogP contribution is 2.23. The van der Waals surface area contributed by atoms with E-state index in [-0.39, 0.29) is 11.7 Å². The van der Waals surface area contributed by atoms with E-state index in [1.165, 1.54) is 18.3 Å². The SMILES string of the molecule is C[C@@H](NC(=O)c1ccc(C(C)(C)C#N)cc1)c1ccc(OCC(F)(F)F)cn1. The monoisotopic (exact) mass is 391 g/mol. The normalized spacial score (nSPS) is 12.8. The number of rotatable bonds is 6. The van der Waals surface area contributed by atoms with E-state index in [0.29, 0.717) is 11.3 Å². The molecular weight excluding hydrogens is 371 g/mol. The molecule has 1 atom stereocenters. The van der Waals surface area contributed by atoms with Crippen molar-refractivity contribution in [2.24, 2.45) is 0 Å². The molecule has 0 unspecified atom stereocenters. The first-order valence-corrected chi connectivity index (χ1v) is 8.50. The zero-order valence-corrected chi connectivity index (χ0v) is 15.7. The van der Waals surface area contributed by atoms with Crippen molar-refractivity contribution in [2.75, 3.05) is 6.61 Å². The molecule has 2 aromatic rings. The summed E-state index contributed by atoms with van der Waals surface area (Å²) in [7, 11) is 0. The fourth-order valence-corrected chi connectivity index (χ4v) is 2.36. The molecule has 5 nitrogen and oxygen atoms in total. The molecule has 148 valence electrons. The van der Waals surface area contributed by atoms with Gasteiger partial charge in [-0.25, -0.2) is 0 Å². The summed E-state index contributed by atoms with van der Waals surface area (Å²) in [5, 5.41) is 11.9. The predicted molar refractivity (Wildman–Crippen MR) is 96.7 cm³/mol. The number of nitriles is 1. The van der Waals surface area contributed by atoms with Crippen molar-refractivity contribution in [3.63, 3.8) is 0 Å². The molecule has 0 spiro atoms. The quantitative estimate of drug-likeness (QED) is 0.796. The van der Waals surface area contributed by atoms with Crippen molar-refractivity contribution in [1.29, 1.82) is 5.26 Å². The molecule has 0 fully saturated rings. The van der Waals surface area contributed by atoms with Gasteiger partial charge in [0.05, 0.1) is 29.4 Å². The smallest absolute Gasteiger partial charge is 0.422 e. The van der Waals surface area contributed by atoms with Crippen LogP contribution in [0.25, 0.3) is 0 Å². The maximum absolute atomic E-state index is 12.4. The molecule has 0 bridgehead atoms. The van der Waals surface area contributed by atoms with Crippen molar-refractivity contribution in [3.05, 3.63) is 59.4 Å². The number of hydrogen-bond donors (Lipinski definition) is 1. The van der Waals surface area contributed by atoms with Crippen molar-refractivity contribution >= 4 is 5.91 Å². The Morgan fingerprint density at radius 3 is 2.36 bits per heavy atom. The molecule has 1 N–H and O–H groups in total. The summed E-state index contributed by atoms with van der Waals surface area (Å²) in [4.78, 5) is 16.4. The van der Waals surface area contributed by atoms with Gasteiger partial charge in [-0.05, 0) is 50.6 Å². The first-order chi connectivity index (χ1) is 13.0. The standard InChI is InChI=1S/C20H20F3N3O2/c1-13(17-9-8-16(10-25-17)28-12-20(21,22)23)26-18(27)14-4-6-15(7-5-14)19(2,3)11-24/h4-10,13H,12H2,1-3H3,(H,26,27)/t13-/m1/s1. The van der Waals surface area contributed by atoms with Crippen LogP contribution in [-0.2, 0) is 5.41 Å². The molecule has 0 radical (unpaired) electrons. The molecule has 0 aliphatic carbocycles. The number of ether oxygens (including phenoxy) is 1. The maximum Gasteiger partial charge on any atom is 0.422 e. The van der Waals surface area contributed by atoms with Crippen LogP contribution >= 0.6 is 0 Å². The van der Waals surface area contributed by atoms with Crippen LogP contribution in [0, 0.1) is 11.3 Å². The summed E-state index contributed by atoms with van der Waals surface area (Å²) >= 11 is 0. The van der Waals surface area contributed by atoms with Gasteiger partial charge in [0.1, 0.15) is 5.75 Å². The fraction of sp³-hybridized carbons (Fsp3) is 0.350. The highest BCUT2D eigenvalue weighted by molar-refractivity contribution is 5.94. The van der Waals surface area contributed by atoms with E-state index >= 15 is 0 Å². The number of carbonyl (C=O) groups excluding carboxylic acids is 1. The van der Waals surface area contributed by atoms with E-state index < -0.39 is 24.2 Å². The third kappa shape index (κ3) is 5.71. The van der Waals surface area contributed by atoms with E-state index in [2.05, 4.69) is 21.1 Å². The summed E-state index contributed by atoms with van der Waals surface area (Å²) in [6, 6.07) is 11.3. The minimum Gasteiger partial charge on any atom is -0.483 e. The fourth-order valence-electron chi connectivity index (χ4n) is 2.36. The molecule has 1 heterocycles. The van der Waals surface area contributed by atoms with Gasteiger partial charge in [-0.2, -0.15) is 18.4 Å². The van der Waals surface area contributed by atoms with Crippen LogP contribution in [-0.4, -0.2) is 23.7 Å². The molecule has 1 aromatic heterocycles. The Labute approximate surface area is 161 Å². The summed E-state index contributed by atoms with van der Waals surface area (Å²) in [6.07, 6.45) is -3.24. The lowest BCUT2D eigenvalue weighted by Gasteiger charge is -2.17. The number of amides is 1. The van der Waals surface area contributed by atoms with Crippen molar-refractivity contribution in [2.45, 2.75) is 38.4 Å².